The zero-order valence-corrected chi connectivity index (χ0v) is 12.0. The summed E-state index contributed by atoms with van der Waals surface area (Å²) in [5.74, 6) is 1.78. The van der Waals surface area contributed by atoms with Crippen molar-refractivity contribution in [3.8, 4) is 11.5 Å². The van der Waals surface area contributed by atoms with E-state index in [4.69, 9.17) is 14.2 Å². The molecule has 2 heterocycles. The number of hydrogen-bond donors (Lipinski definition) is 0. The molecule has 5 heteroatoms. The second-order valence-corrected chi connectivity index (χ2v) is 5.85. The highest BCUT2D eigenvalue weighted by Crippen LogP contribution is 2.51. The van der Waals surface area contributed by atoms with Crippen LogP contribution in [0.5, 0.6) is 11.5 Å². The summed E-state index contributed by atoms with van der Waals surface area (Å²) >= 11 is 0. The first kappa shape index (κ1) is 13.0. The molecule has 5 nitrogen and oxygen atoms in total. The van der Waals surface area contributed by atoms with E-state index < -0.39 is 0 Å². The molecule has 0 spiro atoms. The van der Waals surface area contributed by atoms with Gasteiger partial charge in [-0.15, -0.1) is 0 Å². The summed E-state index contributed by atoms with van der Waals surface area (Å²) in [7, 11) is 0. The Balaban J connectivity index is 1.61. The summed E-state index contributed by atoms with van der Waals surface area (Å²) in [6.07, 6.45) is 1.84. The van der Waals surface area contributed by atoms with Crippen LogP contribution >= 0.6 is 0 Å². The Morgan fingerprint density at radius 1 is 1.00 bits per heavy atom. The Hall–Kier alpha value is -1.75. The molecule has 0 unspecified atom stereocenters. The number of amides is 1. The maximum Gasteiger partial charge on any atom is 0.233 e. The quantitative estimate of drug-likeness (QED) is 0.824. The number of rotatable bonds is 2. The molecule has 0 bridgehead atoms. The maximum atomic E-state index is 12.8. The minimum absolute atomic E-state index is 0.238. The molecule has 0 N–H and O–H groups in total. The second-order valence-electron chi connectivity index (χ2n) is 5.85. The first-order valence-corrected chi connectivity index (χ1v) is 7.57. The number of fused-ring (bicyclic) bond motifs is 1. The fourth-order valence-electron chi connectivity index (χ4n) is 3.16. The summed E-state index contributed by atoms with van der Waals surface area (Å²) in [6.45, 7) is 3.84. The van der Waals surface area contributed by atoms with E-state index >= 15 is 0 Å². The van der Waals surface area contributed by atoms with Crippen LogP contribution in [0.2, 0.25) is 0 Å². The van der Waals surface area contributed by atoms with Gasteiger partial charge in [-0.05, 0) is 30.5 Å². The smallest absolute Gasteiger partial charge is 0.233 e. The van der Waals surface area contributed by atoms with Gasteiger partial charge in [-0.2, -0.15) is 0 Å². The summed E-state index contributed by atoms with van der Waals surface area (Å²) in [5, 5.41) is 0. The van der Waals surface area contributed by atoms with Crippen molar-refractivity contribution in [1.82, 2.24) is 4.90 Å². The van der Waals surface area contributed by atoms with Crippen molar-refractivity contribution in [3.63, 3.8) is 0 Å². The first-order valence-electron chi connectivity index (χ1n) is 7.57. The Morgan fingerprint density at radius 2 is 1.71 bits per heavy atom. The fraction of sp³-hybridized carbons (Fsp3) is 0.562. The van der Waals surface area contributed by atoms with Gasteiger partial charge in [0.05, 0.1) is 18.6 Å². The lowest BCUT2D eigenvalue weighted by molar-refractivity contribution is -0.138. The van der Waals surface area contributed by atoms with E-state index in [0.717, 1.165) is 29.9 Å². The van der Waals surface area contributed by atoms with Gasteiger partial charge in [-0.25, -0.2) is 0 Å². The highest BCUT2D eigenvalue weighted by molar-refractivity contribution is 5.91. The van der Waals surface area contributed by atoms with E-state index in [9.17, 15) is 4.79 Å². The maximum absolute atomic E-state index is 12.8. The Kier molecular flexibility index (Phi) is 3.03. The van der Waals surface area contributed by atoms with Crippen molar-refractivity contribution < 1.29 is 19.0 Å². The molecule has 1 saturated heterocycles. The van der Waals surface area contributed by atoms with Crippen molar-refractivity contribution in [1.29, 1.82) is 0 Å². The van der Waals surface area contributed by atoms with Crippen LogP contribution in [0.3, 0.4) is 0 Å². The van der Waals surface area contributed by atoms with E-state index in [1.165, 1.54) is 0 Å². The lowest BCUT2D eigenvalue weighted by atomic mass is 9.93. The van der Waals surface area contributed by atoms with E-state index in [-0.39, 0.29) is 11.3 Å². The molecule has 1 amide bonds. The molecule has 21 heavy (non-hydrogen) atoms. The highest BCUT2D eigenvalue weighted by Gasteiger charge is 2.53. The van der Waals surface area contributed by atoms with Crippen LogP contribution in [-0.2, 0) is 14.9 Å². The van der Waals surface area contributed by atoms with Gasteiger partial charge < -0.3 is 19.1 Å². The minimum Gasteiger partial charge on any atom is -0.486 e. The highest BCUT2D eigenvalue weighted by atomic mass is 16.6. The van der Waals surface area contributed by atoms with E-state index in [0.29, 0.717) is 39.5 Å². The number of carbonyl (C=O) groups is 1. The number of morpholine rings is 1. The predicted octanol–water partition coefficient (Wildman–Crippen LogP) is 1.35. The third kappa shape index (κ3) is 2.16. The van der Waals surface area contributed by atoms with Gasteiger partial charge in [0.2, 0.25) is 5.91 Å². The fourth-order valence-corrected chi connectivity index (χ4v) is 3.16. The van der Waals surface area contributed by atoms with Crippen LogP contribution in [0.4, 0.5) is 0 Å². The Morgan fingerprint density at radius 3 is 2.43 bits per heavy atom. The van der Waals surface area contributed by atoms with Gasteiger partial charge in [-0.1, -0.05) is 6.07 Å². The first-order chi connectivity index (χ1) is 10.3. The molecular weight excluding hydrogens is 270 g/mol. The van der Waals surface area contributed by atoms with Gasteiger partial charge in [-0.3, -0.25) is 4.79 Å². The SMILES string of the molecule is O=C(N1CCOCC1)C1(c2ccc3c(c2)OCCO3)CC1. The molecule has 1 aromatic rings. The number of hydrogen-bond acceptors (Lipinski definition) is 4. The van der Waals surface area contributed by atoms with E-state index in [1.807, 2.05) is 23.1 Å². The van der Waals surface area contributed by atoms with E-state index in [1.54, 1.807) is 0 Å². The number of ether oxygens (including phenoxy) is 3. The Bertz CT molecular complexity index is 561. The lowest BCUT2D eigenvalue weighted by Crippen LogP contribution is -2.45. The van der Waals surface area contributed by atoms with Crippen LogP contribution in [0.15, 0.2) is 18.2 Å². The van der Waals surface area contributed by atoms with Gasteiger partial charge in [0, 0.05) is 13.1 Å². The molecule has 3 aliphatic rings. The monoisotopic (exact) mass is 289 g/mol. The molecule has 0 radical (unpaired) electrons. The average Bonchev–Trinajstić information content (AvgIpc) is 3.36. The van der Waals surface area contributed by atoms with Gasteiger partial charge in [0.1, 0.15) is 13.2 Å². The molecule has 0 atom stereocenters. The largest absolute Gasteiger partial charge is 0.486 e. The van der Waals surface area contributed by atoms with Gasteiger partial charge in [0.15, 0.2) is 11.5 Å². The summed E-state index contributed by atoms with van der Waals surface area (Å²) in [6, 6.07) is 5.93. The molecule has 1 saturated carbocycles. The van der Waals surface area contributed by atoms with Crippen molar-refractivity contribution in [2.45, 2.75) is 18.3 Å². The number of carbonyl (C=O) groups excluding carboxylic acids is 1. The number of nitrogens with zero attached hydrogens (tertiary/aromatic N) is 1. The molecule has 1 aliphatic carbocycles. The summed E-state index contributed by atoms with van der Waals surface area (Å²) in [5.41, 5.74) is 0.718. The van der Waals surface area contributed by atoms with Crippen LogP contribution in [0.25, 0.3) is 0 Å². The van der Waals surface area contributed by atoms with Crippen molar-refractivity contribution >= 4 is 5.91 Å². The van der Waals surface area contributed by atoms with Gasteiger partial charge >= 0.3 is 0 Å². The molecule has 0 aromatic heterocycles. The molecule has 2 aliphatic heterocycles. The second kappa shape index (κ2) is 4.91. The lowest BCUT2D eigenvalue weighted by Gasteiger charge is -2.31. The normalized spacial score (nSPS) is 22.8. The molecule has 1 aromatic carbocycles. The molecule has 2 fully saturated rings. The Labute approximate surface area is 123 Å². The van der Waals surface area contributed by atoms with Crippen molar-refractivity contribution in [2.24, 2.45) is 0 Å². The third-order valence-corrected chi connectivity index (χ3v) is 4.55. The zero-order valence-electron chi connectivity index (χ0n) is 12.0. The minimum atomic E-state index is -0.340. The van der Waals surface area contributed by atoms with Crippen LogP contribution in [0.1, 0.15) is 18.4 Å². The summed E-state index contributed by atoms with van der Waals surface area (Å²) < 4.78 is 16.5. The summed E-state index contributed by atoms with van der Waals surface area (Å²) in [4.78, 5) is 14.8. The van der Waals surface area contributed by atoms with Crippen LogP contribution < -0.4 is 9.47 Å². The molecular formula is C16H19NO4. The van der Waals surface area contributed by atoms with Crippen molar-refractivity contribution in [3.05, 3.63) is 23.8 Å². The number of benzene rings is 1. The van der Waals surface area contributed by atoms with Gasteiger partial charge in [0.25, 0.3) is 0 Å². The van der Waals surface area contributed by atoms with Crippen LogP contribution in [0, 0.1) is 0 Å². The van der Waals surface area contributed by atoms with Crippen LogP contribution in [-0.4, -0.2) is 50.3 Å². The molecule has 112 valence electrons. The predicted molar refractivity (Wildman–Crippen MR) is 75.7 cm³/mol. The average molecular weight is 289 g/mol. The zero-order chi connectivity index (χ0) is 14.3. The standard InChI is InChI=1S/C16H19NO4/c18-15(17-5-7-19-8-6-17)16(3-4-16)12-1-2-13-14(11-12)21-10-9-20-13/h1-2,11H,3-10H2. The topological polar surface area (TPSA) is 48.0 Å². The van der Waals surface area contributed by atoms with E-state index in [2.05, 4.69) is 0 Å². The third-order valence-electron chi connectivity index (χ3n) is 4.55. The molecule has 4 rings (SSSR count). The van der Waals surface area contributed by atoms with Crippen molar-refractivity contribution in [2.75, 3.05) is 39.5 Å².